The molecular formula is C26H35N3O5. The Labute approximate surface area is 201 Å². The Morgan fingerprint density at radius 1 is 1.12 bits per heavy atom. The first-order valence-electron chi connectivity index (χ1n) is 11.9. The Bertz CT molecular complexity index is 980. The number of carbonyl (C=O) groups excluding carboxylic acids is 1. The van der Waals surface area contributed by atoms with Gasteiger partial charge in [-0.3, -0.25) is 0 Å². The number of benzene rings is 1. The van der Waals surface area contributed by atoms with Crippen LogP contribution in [0.15, 0.2) is 30.3 Å². The second kappa shape index (κ2) is 11.3. The van der Waals surface area contributed by atoms with E-state index >= 15 is 0 Å². The first-order valence-corrected chi connectivity index (χ1v) is 11.9. The summed E-state index contributed by atoms with van der Waals surface area (Å²) in [4.78, 5) is 34.6. The molecule has 184 valence electrons. The Kier molecular flexibility index (Phi) is 8.47. The molecule has 0 saturated carbocycles. The van der Waals surface area contributed by atoms with Crippen LogP contribution < -0.4 is 4.74 Å². The summed E-state index contributed by atoms with van der Waals surface area (Å²) in [5.41, 5.74) is 0.899. The Hall–Kier alpha value is -3.16. The second-order valence-electron chi connectivity index (χ2n) is 9.79. The molecule has 1 fully saturated rings. The van der Waals surface area contributed by atoms with Crippen LogP contribution in [-0.2, 0) is 17.8 Å². The minimum absolute atomic E-state index is 0.0934. The minimum Gasteiger partial charge on any atom is -0.484 e. The zero-order valence-corrected chi connectivity index (χ0v) is 20.5. The average molecular weight is 470 g/mol. The van der Waals surface area contributed by atoms with E-state index < -0.39 is 11.6 Å². The number of hydrogen-bond acceptors (Lipinski definition) is 6. The predicted molar refractivity (Wildman–Crippen MR) is 128 cm³/mol. The molecule has 1 aliphatic heterocycles. The fourth-order valence-electron chi connectivity index (χ4n) is 4.06. The van der Waals surface area contributed by atoms with Gasteiger partial charge < -0.3 is 19.5 Å². The van der Waals surface area contributed by atoms with Gasteiger partial charge in [-0.15, -0.1) is 0 Å². The lowest BCUT2D eigenvalue weighted by Gasteiger charge is -2.33. The Balaban J connectivity index is 1.51. The molecule has 0 spiro atoms. The molecule has 1 aliphatic rings. The molecule has 34 heavy (non-hydrogen) atoms. The largest absolute Gasteiger partial charge is 0.484 e. The zero-order chi connectivity index (χ0) is 24.7. The lowest BCUT2D eigenvalue weighted by Crippen LogP contribution is -2.41. The molecule has 8 heteroatoms. The van der Waals surface area contributed by atoms with Crippen LogP contribution in [0.3, 0.4) is 0 Å². The van der Waals surface area contributed by atoms with Crippen molar-refractivity contribution in [2.75, 3.05) is 13.1 Å². The molecule has 2 aromatic rings. The molecular weight excluding hydrogens is 434 g/mol. The van der Waals surface area contributed by atoms with Crippen molar-refractivity contribution in [3.8, 4) is 5.75 Å². The number of likely N-dealkylation sites (tertiary alicyclic amines) is 1. The van der Waals surface area contributed by atoms with Gasteiger partial charge in [-0.05, 0) is 64.9 Å². The molecule has 3 rings (SSSR count). The molecule has 1 amide bonds. The van der Waals surface area contributed by atoms with Crippen LogP contribution >= 0.6 is 0 Å². The number of aryl methyl sites for hydroxylation is 2. The summed E-state index contributed by atoms with van der Waals surface area (Å²) >= 11 is 0. The van der Waals surface area contributed by atoms with Gasteiger partial charge in [0.25, 0.3) is 0 Å². The molecule has 1 aromatic heterocycles. The summed E-state index contributed by atoms with van der Waals surface area (Å²) in [5.74, 6) is 0.138. The van der Waals surface area contributed by atoms with Crippen LogP contribution in [0.25, 0.3) is 0 Å². The molecule has 0 radical (unpaired) electrons. The second-order valence-corrected chi connectivity index (χ2v) is 9.79. The molecule has 1 aromatic carbocycles. The van der Waals surface area contributed by atoms with Gasteiger partial charge in [0, 0.05) is 19.5 Å². The fourth-order valence-corrected chi connectivity index (χ4v) is 4.06. The SMILES string of the molecule is Cc1nc(CCCC2CCN(C(=O)OC(C)(C)C)CC2)nc(C(=O)O)c1OCc1ccccc1. The number of piperidine rings is 1. The summed E-state index contributed by atoms with van der Waals surface area (Å²) < 4.78 is 11.2. The van der Waals surface area contributed by atoms with E-state index in [1.54, 1.807) is 11.8 Å². The van der Waals surface area contributed by atoms with Gasteiger partial charge in [0.05, 0.1) is 5.69 Å². The van der Waals surface area contributed by atoms with Crippen molar-refractivity contribution >= 4 is 12.1 Å². The van der Waals surface area contributed by atoms with E-state index in [0.717, 1.165) is 31.2 Å². The molecule has 2 heterocycles. The number of carbonyl (C=O) groups is 2. The number of nitrogens with zero attached hydrogens (tertiary/aromatic N) is 3. The number of aromatic carboxylic acids is 1. The van der Waals surface area contributed by atoms with Gasteiger partial charge in [-0.25, -0.2) is 19.6 Å². The summed E-state index contributed by atoms with van der Waals surface area (Å²) in [5, 5.41) is 9.67. The van der Waals surface area contributed by atoms with E-state index in [-0.39, 0.29) is 24.1 Å². The fraction of sp³-hybridized carbons (Fsp3) is 0.538. The number of ether oxygens (including phenoxy) is 2. The lowest BCUT2D eigenvalue weighted by molar-refractivity contribution is 0.0180. The molecule has 8 nitrogen and oxygen atoms in total. The Morgan fingerprint density at radius 3 is 2.41 bits per heavy atom. The first kappa shape index (κ1) is 25.5. The molecule has 0 bridgehead atoms. The molecule has 0 unspecified atom stereocenters. The summed E-state index contributed by atoms with van der Waals surface area (Å²) in [7, 11) is 0. The number of rotatable bonds is 8. The van der Waals surface area contributed by atoms with Gasteiger partial charge in [-0.2, -0.15) is 0 Å². The van der Waals surface area contributed by atoms with Crippen LogP contribution in [0.1, 0.15) is 74.0 Å². The van der Waals surface area contributed by atoms with E-state index in [1.165, 1.54) is 0 Å². The number of amides is 1. The van der Waals surface area contributed by atoms with Gasteiger partial charge in [-0.1, -0.05) is 30.3 Å². The highest BCUT2D eigenvalue weighted by Gasteiger charge is 2.27. The number of carboxylic acids is 1. The maximum Gasteiger partial charge on any atom is 0.410 e. The summed E-state index contributed by atoms with van der Waals surface area (Å²) in [6, 6.07) is 9.57. The van der Waals surface area contributed by atoms with E-state index in [0.29, 0.717) is 36.9 Å². The third-order valence-electron chi connectivity index (χ3n) is 5.79. The first-order chi connectivity index (χ1) is 16.1. The standard InChI is InChI=1S/C26H35N3O5/c1-18-23(33-17-20-9-6-5-7-10-20)22(24(30)31)28-21(27-18)12-8-11-19-13-15-29(16-14-19)25(32)34-26(2,3)4/h5-7,9-10,19H,8,11-17H2,1-4H3,(H,30,31). The number of hydrogen-bond donors (Lipinski definition) is 1. The topological polar surface area (TPSA) is 102 Å². The van der Waals surface area contributed by atoms with Crippen LogP contribution in [-0.4, -0.2) is 50.7 Å². The summed E-state index contributed by atoms with van der Waals surface area (Å²) in [6.07, 6.45) is 4.08. The zero-order valence-electron chi connectivity index (χ0n) is 20.5. The lowest BCUT2D eigenvalue weighted by atomic mass is 9.91. The summed E-state index contributed by atoms with van der Waals surface area (Å²) in [6.45, 7) is 9.03. The van der Waals surface area contributed by atoms with E-state index in [1.807, 2.05) is 51.1 Å². The number of aromatic nitrogens is 2. The maximum atomic E-state index is 12.2. The van der Waals surface area contributed by atoms with Gasteiger partial charge in [0.15, 0.2) is 11.4 Å². The Morgan fingerprint density at radius 2 is 1.79 bits per heavy atom. The molecule has 0 atom stereocenters. The van der Waals surface area contributed by atoms with Crippen LogP contribution in [0, 0.1) is 12.8 Å². The third-order valence-corrected chi connectivity index (χ3v) is 5.79. The third kappa shape index (κ3) is 7.43. The van der Waals surface area contributed by atoms with E-state index in [2.05, 4.69) is 9.97 Å². The van der Waals surface area contributed by atoms with Crippen molar-refractivity contribution in [3.05, 3.63) is 53.1 Å². The maximum absolute atomic E-state index is 12.2. The number of carboxylic acid groups (broad SMARTS) is 1. The minimum atomic E-state index is -1.12. The van der Waals surface area contributed by atoms with Crippen molar-refractivity contribution < 1.29 is 24.2 Å². The predicted octanol–water partition coefficient (Wildman–Crippen LogP) is 5.03. The van der Waals surface area contributed by atoms with Gasteiger partial charge in [0.1, 0.15) is 18.0 Å². The normalized spacial score (nSPS) is 14.6. The molecule has 1 saturated heterocycles. The van der Waals surface area contributed by atoms with Crippen molar-refractivity contribution in [1.29, 1.82) is 0 Å². The monoisotopic (exact) mass is 469 g/mol. The quantitative estimate of drug-likeness (QED) is 0.578. The van der Waals surface area contributed by atoms with Crippen molar-refractivity contribution in [3.63, 3.8) is 0 Å². The highest BCUT2D eigenvalue weighted by atomic mass is 16.6. The van der Waals surface area contributed by atoms with Crippen molar-refractivity contribution in [1.82, 2.24) is 14.9 Å². The van der Waals surface area contributed by atoms with Gasteiger partial charge >= 0.3 is 12.1 Å². The van der Waals surface area contributed by atoms with Crippen molar-refractivity contribution in [2.45, 2.75) is 72.0 Å². The van der Waals surface area contributed by atoms with Crippen LogP contribution in [0.4, 0.5) is 4.79 Å². The molecule has 1 N–H and O–H groups in total. The average Bonchev–Trinajstić information content (AvgIpc) is 2.78. The van der Waals surface area contributed by atoms with Crippen molar-refractivity contribution in [2.24, 2.45) is 5.92 Å². The highest BCUT2D eigenvalue weighted by Crippen LogP contribution is 2.26. The van der Waals surface area contributed by atoms with E-state index in [9.17, 15) is 14.7 Å². The van der Waals surface area contributed by atoms with E-state index in [4.69, 9.17) is 9.47 Å². The molecule has 0 aliphatic carbocycles. The van der Waals surface area contributed by atoms with Crippen LogP contribution in [0.5, 0.6) is 5.75 Å². The van der Waals surface area contributed by atoms with Crippen LogP contribution in [0.2, 0.25) is 0 Å². The van der Waals surface area contributed by atoms with Gasteiger partial charge in [0.2, 0.25) is 0 Å². The highest BCUT2D eigenvalue weighted by molar-refractivity contribution is 5.88. The smallest absolute Gasteiger partial charge is 0.410 e.